The van der Waals surface area contributed by atoms with E-state index < -0.39 is 0 Å². The standard InChI is InChI=1S/C16H17N3O3/c20-10-14-12-4-2-1-3-11(12)5-6-18(14)16(21)13-9-15-19(17-13)7-8-22-15/h1-4,9,14,20H,5-8,10H2. The number of rotatable bonds is 2. The SMILES string of the molecule is O=C(c1cc2n(n1)CCO2)N1CCc2ccccc2C1CO. The van der Waals surface area contributed by atoms with Gasteiger partial charge >= 0.3 is 0 Å². The van der Waals surface area contributed by atoms with Crippen LogP contribution in [0.1, 0.15) is 27.7 Å². The Balaban J connectivity index is 1.65. The molecule has 1 aromatic carbocycles. The number of aliphatic hydroxyl groups is 1. The Hall–Kier alpha value is -2.34. The van der Waals surface area contributed by atoms with E-state index in [-0.39, 0.29) is 18.6 Å². The lowest BCUT2D eigenvalue weighted by atomic mass is 9.93. The maximum absolute atomic E-state index is 12.8. The Morgan fingerprint density at radius 1 is 1.36 bits per heavy atom. The van der Waals surface area contributed by atoms with Crippen LogP contribution in [0.25, 0.3) is 0 Å². The monoisotopic (exact) mass is 299 g/mol. The molecule has 4 rings (SSSR count). The number of aromatic nitrogens is 2. The van der Waals surface area contributed by atoms with Gasteiger partial charge in [-0.1, -0.05) is 24.3 Å². The van der Waals surface area contributed by atoms with Gasteiger partial charge < -0.3 is 14.7 Å². The zero-order valence-corrected chi connectivity index (χ0v) is 12.1. The van der Waals surface area contributed by atoms with Crippen LogP contribution in [0.5, 0.6) is 5.88 Å². The van der Waals surface area contributed by atoms with E-state index in [0.717, 1.165) is 12.0 Å². The first-order valence-corrected chi connectivity index (χ1v) is 7.48. The third-order valence-electron chi connectivity index (χ3n) is 4.36. The minimum absolute atomic E-state index is 0.0905. The van der Waals surface area contributed by atoms with Crippen LogP contribution >= 0.6 is 0 Å². The molecule has 1 N–H and O–H groups in total. The quantitative estimate of drug-likeness (QED) is 0.898. The molecule has 0 fully saturated rings. The summed E-state index contributed by atoms with van der Waals surface area (Å²) in [6.07, 6.45) is 0.794. The topological polar surface area (TPSA) is 67.6 Å². The van der Waals surface area contributed by atoms with Gasteiger partial charge in [0, 0.05) is 12.6 Å². The summed E-state index contributed by atoms with van der Waals surface area (Å²) in [6, 6.07) is 9.33. The summed E-state index contributed by atoms with van der Waals surface area (Å²) in [4.78, 5) is 14.5. The first-order chi connectivity index (χ1) is 10.8. The van der Waals surface area contributed by atoms with E-state index in [9.17, 15) is 9.90 Å². The number of carbonyl (C=O) groups excluding carboxylic acids is 1. The summed E-state index contributed by atoms with van der Waals surface area (Å²) in [5.41, 5.74) is 2.60. The number of fused-ring (bicyclic) bond motifs is 2. The third-order valence-corrected chi connectivity index (χ3v) is 4.36. The van der Waals surface area contributed by atoms with E-state index >= 15 is 0 Å². The highest BCUT2D eigenvalue weighted by Gasteiger charge is 2.32. The van der Waals surface area contributed by atoms with Crippen molar-refractivity contribution >= 4 is 5.91 Å². The van der Waals surface area contributed by atoms with Gasteiger partial charge in [-0.2, -0.15) is 5.10 Å². The smallest absolute Gasteiger partial charge is 0.275 e. The molecule has 1 aromatic heterocycles. The summed E-state index contributed by atoms with van der Waals surface area (Å²) in [5.74, 6) is 0.486. The van der Waals surface area contributed by atoms with E-state index in [0.29, 0.717) is 31.3 Å². The van der Waals surface area contributed by atoms with Crippen molar-refractivity contribution in [1.82, 2.24) is 14.7 Å². The van der Waals surface area contributed by atoms with Crippen LogP contribution in [-0.2, 0) is 13.0 Å². The molecular formula is C16H17N3O3. The van der Waals surface area contributed by atoms with Gasteiger partial charge in [0.05, 0.1) is 19.2 Å². The number of hydrogen-bond acceptors (Lipinski definition) is 4. The molecule has 114 valence electrons. The molecule has 0 saturated carbocycles. The van der Waals surface area contributed by atoms with Crippen molar-refractivity contribution in [3.8, 4) is 5.88 Å². The van der Waals surface area contributed by atoms with Crippen LogP contribution in [0.15, 0.2) is 30.3 Å². The number of ether oxygens (including phenoxy) is 1. The summed E-state index contributed by atoms with van der Waals surface area (Å²) < 4.78 is 7.11. The number of carbonyl (C=O) groups is 1. The Kier molecular flexibility index (Phi) is 3.11. The summed E-state index contributed by atoms with van der Waals surface area (Å²) in [5, 5.41) is 14.1. The maximum atomic E-state index is 12.8. The fourth-order valence-electron chi connectivity index (χ4n) is 3.26. The lowest BCUT2D eigenvalue weighted by Gasteiger charge is -2.36. The number of amides is 1. The average Bonchev–Trinajstić information content (AvgIpc) is 3.14. The van der Waals surface area contributed by atoms with E-state index in [1.165, 1.54) is 5.56 Å². The molecule has 0 spiro atoms. The van der Waals surface area contributed by atoms with Gasteiger partial charge in [0.1, 0.15) is 6.61 Å². The molecule has 1 unspecified atom stereocenters. The maximum Gasteiger partial charge on any atom is 0.275 e. The van der Waals surface area contributed by atoms with E-state index in [1.807, 2.05) is 18.2 Å². The zero-order chi connectivity index (χ0) is 15.1. The van der Waals surface area contributed by atoms with Crippen molar-refractivity contribution in [2.75, 3.05) is 19.8 Å². The minimum Gasteiger partial charge on any atom is -0.476 e. The number of hydrogen-bond donors (Lipinski definition) is 1. The molecule has 1 atom stereocenters. The molecule has 6 nitrogen and oxygen atoms in total. The second kappa shape index (κ2) is 5.14. The van der Waals surface area contributed by atoms with E-state index in [2.05, 4.69) is 11.2 Å². The Bertz CT molecular complexity index is 704. The van der Waals surface area contributed by atoms with Crippen molar-refractivity contribution in [3.05, 3.63) is 47.2 Å². The van der Waals surface area contributed by atoms with Gasteiger partial charge in [0.25, 0.3) is 5.91 Å². The third kappa shape index (κ3) is 1.99. The highest BCUT2D eigenvalue weighted by molar-refractivity contribution is 5.93. The van der Waals surface area contributed by atoms with Gasteiger partial charge in [-0.05, 0) is 17.5 Å². The molecule has 0 aliphatic carbocycles. The second-order valence-corrected chi connectivity index (χ2v) is 5.59. The second-order valence-electron chi connectivity index (χ2n) is 5.59. The van der Waals surface area contributed by atoms with Crippen LogP contribution in [0.3, 0.4) is 0 Å². The molecule has 22 heavy (non-hydrogen) atoms. The van der Waals surface area contributed by atoms with Crippen LogP contribution in [-0.4, -0.2) is 45.5 Å². The number of benzene rings is 1. The molecular weight excluding hydrogens is 282 g/mol. The summed E-state index contributed by atoms with van der Waals surface area (Å²) >= 11 is 0. The van der Waals surface area contributed by atoms with E-state index in [1.54, 1.807) is 15.6 Å². The molecule has 3 heterocycles. The Morgan fingerprint density at radius 3 is 3.05 bits per heavy atom. The summed E-state index contributed by atoms with van der Waals surface area (Å²) in [7, 11) is 0. The lowest BCUT2D eigenvalue weighted by Crippen LogP contribution is -2.41. The van der Waals surface area contributed by atoms with Crippen LogP contribution < -0.4 is 4.74 Å². The van der Waals surface area contributed by atoms with Crippen LogP contribution in [0.2, 0.25) is 0 Å². The van der Waals surface area contributed by atoms with Crippen LogP contribution in [0.4, 0.5) is 0 Å². The van der Waals surface area contributed by atoms with Gasteiger partial charge in [-0.3, -0.25) is 4.79 Å². The molecule has 6 heteroatoms. The Morgan fingerprint density at radius 2 is 2.23 bits per heavy atom. The van der Waals surface area contributed by atoms with Crippen molar-refractivity contribution in [2.45, 2.75) is 19.0 Å². The first kappa shape index (κ1) is 13.3. The van der Waals surface area contributed by atoms with Gasteiger partial charge in [0.15, 0.2) is 5.69 Å². The molecule has 2 aliphatic heterocycles. The van der Waals surface area contributed by atoms with Crippen molar-refractivity contribution in [2.24, 2.45) is 0 Å². The fraction of sp³-hybridized carbons (Fsp3) is 0.375. The van der Waals surface area contributed by atoms with Crippen LogP contribution in [0, 0.1) is 0 Å². The predicted octanol–water partition coefficient (Wildman–Crippen LogP) is 1.01. The number of nitrogens with zero attached hydrogens (tertiary/aromatic N) is 3. The highest BCUT2D eigenvalue weighted by Crippen LogP contribution is 2.31. The molecule has 0 saturated heterocycles. The van der Waals surface area contributed by atoms with Gasteiger partial charge in [0.2, 0.25) is 5.88 Å². The summed E-state index contributed by atoms with van der Waals surface area (Å²) in [6.45, 7) is 1.78. The molecule has 1 amide bonds. The van der Waals surface area contributed by atoms with Crippen molar-refractivity contribution < 1.29 is 14.6 Å². The number of aliphatic hydroxyl groups excluding tert-OH is 1. The predicted molar refractivity (Wildman–Crippen MR) is 78.7 cm³/mol. The van der Waals surface area contributed by atoms with E-state index in [4.69, 9.17) is 4.74 Å². The molecule has 2 aromatic rings. The molecule has 2 aliphatic rings. The first-order valence-electron chi connectivity index (χ1n) is 7.48. The van der Waals surface area contributed by atoms with Gasteiger partial charge in [-0.15, -0.1) is 0 Å². The Labute approximate surface area is 127 Å². The van der Waals surface area contributed by atoms with Gasteiger partial charge in [-0.25, -0.2) is 4.68 Å². The molecule has 0 bridgehead atoms. The van der Waals surface area contributed by atoms with Crippen molar-refractivity contribution in [3.63, 3.8) is 0 Å². The lowest BCUT2D eigenvalue weighted by molar-refractivity contribution is 0.0561. The minimum atomic E-state index is -0.310. The normalized spacial score (nSPS) is 19.5. The zero-order valence-electron chi connectivity index (χ0n) is 12.1. The molecule has 0 radical (unpaired) electrons. The fourth-order valence-corrected chi connectivity index (χ4v) is 3.26. The highest BCUT2D eigenvalue weighted by atomic mass is 16.5. The van der Waals surface area contributed by atoms with Crippen molar-refractivity contribution in [1.29, 1.82) is 0 Å². The average molecular weight is 299 g/mol. The largest absolute Gasteiger partial charge is 0.476 e.